The maximum atomic E-state index is 13.7. The third kappa shape index (κ3) is 22.2. The van der Waals surface area contributed by atoms with Crippen molar-refractivity contribution in [2.45, 2.75) is 210 Å². The predicted octanol–water partition coefficient (Wildman–Crippen LogP) is 3.29. The van der Waals surface area contributed by atoms with Crippen LogP contribution in [-0.2, 0) is 81.4 Å². The maximum absolute atomic E-state index is 13.7. The number of nitrogens with one attached hydrogen (secondary N) is 7. The van der Waals surface area contributed by atoms with E-state index in [0.29, 0.717) is 12.8 Å². The lowest BCUT2D eigenvalue weighted by molar-refractivity contribution is -0.183. The first kappa shape index (κ1) is 88.4. The molecule has 18 atom stereocenters. The largest absolute Gasteiger partial charge is 0.505 e. The molecule has 3 saturated heterocycles. The van der Waals surface area contributed by atoms with Crippen LogP contribution in [0, 0.1) is 35.5 Å². The van der Waals surface area contributed by atoms with Gasteiger partial charge < -0.3 is 91.7 Å². The molecular weight excluding hydrogens is 1530 g/mol. The molecule has 3 unspecified atom stereocenters. The van der Waals surface area contributed by atoms with Gasteiger partial charge in [-0.15, -0.1) is 0 Å². The number of ether oxygens (including phenoxy) is 4. The van der Waals surface area contributed by atoms with Crippen LogP contribution in [0.3, 0.4) is 0 Å². The summed E-state index contributed by atoms with van der Waals surface area (Å²) >= 11 is 0. The number of hydrogen-bond donors (Lipinski definition) is 13. The zero-order valence-electron chi connectivity index (χ0n) is 66.5. The summed E-state index contributed by atoms with van der Waals surface area (Å²) in [5.41, 5.74) is 1.51. The zero-order chi connectivity index (χ0) is 85.2. The van der Waals surface area contributed by atoms with Gasteiger partial charge in [0, 0.05) is 31.6 Å². The molecule has 6 aliphatic rings. The Bertz CT molecular complexity index is 4350. The highest BCUT2D eigenvalue weighted by molar-refractivity contribution is 6.01. The van der Waals surface area contributed by atoms with Crippen molar-refractivity contribution in [3.63, 3.8) is 0 Å². The van der Waals surface area contributed by atoms with Crippen LogP contribution in [0.1, 0.15) is 147 Å². The van der Waals surface area contributed by atoms with E-state index < -0.39 is 186 Å². The molecule has 3 aromatic carbocycles. The second-order valence-electron chi connectivity index (χ2n) is 31.0. The molecule has 3 aromatic heterocycles. The molecule has 6 heterocycles. The smallest absolute Gasteiger partial charge is 0.348 e. The van der Waals surface area contributed by atoms with Gasteiger partial charge in [0.25, 0.3) is 17.7 Å². The van der Waals surface area contributed by atoms with Crippen LogP contribution in [0.2, 0.25) is 0 Å². The van der Waals surface area contributed by atoms with E-state index in [1.165, 1.54) is 102 Å². The molecule has 0 bridgehead atoms. The van der Waals surface area contributed by atoms with Crippen LogP contribution >= 0.6 is 0 Å². The molecule has 630 valence electrons. The summed E-state index contributed by atoms with van der Waals surface area (Å²) in [6.45, 7) is 8.92. The van der Waals surface area contributed by atoms with E-state index in [4.69, 9.17) is 18.9 Å². The van der Waals surface area contributed by atoms with E-state index in [9.17, 15) is 88.2 Å². The van der Waals surface area contributed by atoms with Crippen molar-refractivity contribution in [3.8, 4) is 17.2 Å². The Morgan fingerprint density at radius 2 is 0.737 bits per heavy atom. The quantitative estimate of drug-likeness (QED) is 0.0518. The summed E-state index contributed by atoms with van der Waals surface area (Å²) < 4.78 is 22.5. The van der Waals surface area contributed by atoms with Crippen molar-refractivity contribution in [3.05, 3.63) is 180 Å². The summed E-state index contributed by atoms with van der Waals surface area (Å²) in [4.78, 5) is 172. The first-order chi connectivity index (χ1) is 56.4. The molecule has 118 heavy (non-hydrogen) atoms. The number of amides is 8. The second kappa shape index (κ2) is 40.7. The minimum Gasteiger partial charge on any atom is -0.505 e. The number of aromatic hydroxyl groups is 3. The molecule has 6 fully saturated rings. The number of pyridine rings is 3. The average molecular weight is 1630 g/mol. The highest BCUT2D eigenvalue weighted by Gasteiger charge is 2.48. The Balaban J connectivity index is 0.000000186. The van der Waals surface area contributed by atoms with Gasteiger partial charge in [0.15, 0.2) is 17.1 Å². The van der Waals surface area contributed by atoms with Crippen molar-refractivity contribution in [1.82, 2.24) is 57.1 Å². The number of aliphatic hydroxyl groups is 3. The molecule has 33 nitrogen and oxygen atoms in total. The summed E-state index contributed by atoms with van der Waals surface area (Å²) in [5, 5.41) is 82.7. The normalized spacial score (nSPS) is 28.5. The number of hydrogen-bond acceptors (Lipinski definition) is 25. The molecule has 3 aliphatic heterocycles. The van der Waals surface area contributed by atoms with Crippen molar-refractivity contribution in [1.29, 1.82) is 0 Å². The molecule has 0 spiro atoms. The summed E-state index contributed by atoms with van der Waals surface area (Å²) in [7, 11) is 1.53. The molecular formula is C85H103N11O22. The molecule has 3 saturated carbocycles. The van der Waals surface area contributed by atoms with Crippen molar-refractivity contribution < 1.29 is 107 Å². The first-order valence-electron chi connectivity index (χ1n) is 39.7. The predicted molar refractivity (Wildman–Crippen MR) is 420 cm³/mol. The number of carbonyl (C=O) groups is 12. The fraction of sp³-hybridized carbons (Fsp3) is 0.471. The number of benzene rings is 3. The van der Waals surface area contributed by atoms with Crippen LogP contribution in [-0.4, -0.2) is 220 Å². The molecule has 12 rings (SSSR count). The van der Waals surface area contributed by atoms with Crippen molar-refractivity contribution >= 4 is 71.1 Å². The van der Waals surface area contributed by atoms with Gasteiger partial charge in [-0.1, -0.05) is 124 Å². The fourth-order valence-corrected chi connectivity index (χ4v) is 14.8. The van der Waals surface area contributed by atoms with E-state index >= 15 is 0 Å². The zero-order valence-corrected chi connectivity index (χ0v) is 66.5. The number of cyclic esters (lactones) is 4. The van der Waals surface area contributed by atoms with Gasteiger partial charge in [-0.25, -0.2) is 29.3 Å². The maximum Gasteiger partial charge on any atom is 0.348 e. The number of rotatable bonds is 15. The molecule has 33 heteroatoms. The fourth-order valence-electron chi connectivity index (χ4n) is 14.8. The van der Waals surface area contributed by atoms with Crippen molar-refractivity contribution in [2.75, 3.05) is 7.05 Å². The van der Waals surface area contributed by atoms with Gasteiger partial charge >= 0.3 is 23.9 Å². The Morgan fingerprint density at radius 1 is 0.398 bits per heavy atom. The number of nitrogens with zero attached hydrogens (tertiary/aromatic N) is 4. The van der Waals surface area contributed by atoms with E-state index in [0.717, 1.165) is 61.6 Å². The van der Waals surface area contributed by atoms with Crippen LogP contribution in [0.4, 0.5) is 0 Å². The Labute approximate surface area is 681 Å². The van der Waals surface area contributed by atoms with E-state index in [1.54, 1.807) is 6.92 Å². The van der Waals surface area contributed by atoms with Crippen LogP contribution < -0.4 is 37.2 Å². The Hall–Kier alpha value is -12.0. The first-order valence-corrected chi connectivity index (χ1v) is 39.7. The van der Waals surface area contributed by atoms with Crippen LogP contribution in [0.25, 0.3) is 0 Å². The molecule has 3 aliphatic carbocycles. The van der Waals surface area contributed by atoms with Crippen molar-refractivity contribution in [2.24, 2.45) is 35.5 Å². The number of aliphatic hydroxyl groups excluding tert-OH is 3. The lowest BCUT2D eigenvalue weighted by Gasteiger charge is -2.41. The van der Waals surface area contributed by atoms with Gasteiger partial charge in [-0.3, -0.25) is 43.2 Å². The summed E-state index contributed by atoms with van der Waals surface area (Å²) in [5.74, 6) is -13.4. The Morgan fingerprint density at radius 3 is 1.08 bits per heavy atom. The Kier molecular flexibility index (Phi) is 30.5. The molecule has 0 radical (unpaired) electrons. The van der Waals surface area contributed by atoms with Gasteiger partial charge in [-0.2, -0.15) is 0 Å². The standard InChI is InChI=1S/C29H36N4O7.C28H34N4O7.C28H33N3O8/c1-16-25(35)20(15-18-9-5-4-6-10-18)31-26(36)22(32-27(37)23-21(34)13-8-14-30-23)17(2)40-29(39)24(19-11-7-12-19)33(3)28(16)38;1-15-24(34)19(14-17-8-4-3-5-9-17)30-26(36)21(31-27(37)23-20(33)12-7-13-29-23)16(2)39-28(38)22(32-25(15)35)18-10-6-11-18;1-15-23(33)19(14-17-8-4-3-5-9-17)30-25(34)21(31-26(35)22-20(32)12-7-13-29-22)16(2)38-28(37)24(39-27(15)36)18-10-6-11-18/h4-6,8-10,13-14,16-17,19-20,22,24-25,34-35H,7,11-12,15H2,1-3H3,(H,31,36)(H,32,37);3-5,7-9,12-13,15-16,18-19,21-22,24,33-34H,6,10-11,14H2,1-2H3,(H,30,36)(H,31,37)(H,32,35);3-5,7-9,12-13,15-16,18-19,21,23-24,32-33H,6,10-11,14H2,1-2H3,(H,30,34)(H,31,35)/t16-,17-,20+,22+,24?,25+;15-,16-,19+,21+,22?,24+;15-,16-,19+,21+,23+,24?/m111/s1. The van der Waals surface area contributed by atoms with E-state index in [1.807, 2.05) is 91.0 Å². The highest BCUT2D eigenvalue weighted by Crippen LogP contribution is 2.37. The number of likely N-dealkylation sites (N-methyl/N-ethyl adjacent to an activating group) is 1. The highest BCUT2D eigenvalue weighted by atomic mass is 16.6. The van der Waals surface area contributed by atoms with E-state index in [2.05, 4.69) is 52.2 Å². The van der Waals surface area contributed by atoms with Gasteiger partial charge in [0.2, 0.25) is 35.6 Å². The minimum atomic E-state index is -1.42. The van der Waals surface area contributed by atoms with Gasteiger partial charge in [-0.05, 0) is 150 Å². The number of carbonyl (C=O) groups excluding carboxylic acids is 12. The van der Waals surface area contributed by atoms with Crippen LogP contribution in [0.5, 0.6) is 17.2 Å². The third-order valence-corrected chi connectivity index (χ3v) is 22.7. The minimum absolute atomic E-state index is 0.117. The van der Waals surface area contributed by atoms with Gasteiger partial charge in [0.05, 0.1) is 54.2 Å². The molecule has 8 amide bonds. The van der Waals surface area contributed by atoms with Crippen LogP contribution in [0.15, 0.2) is 146 Å². The molecule has 6 aromatic rings. The summed E-state index contributed by atoms with van der Waals surface area (Å²) in [6.07, 6.45) is 2.78. The topological polar surface area (TPSA) is 489 Å². The SMILES string of the molecule is C[C@H]1OC(=O)C(C2CCC2)N(C)C(=O)[C@H](C)[C@H](O)[C@H](Cc2ccccc2)NC(=O)[C@H]1NC(=O)c1ncccc1O.C[C@H]1OC(=O)C(C2CCC2)NC(=O)[C@H](C)[C@H](O)[C@H](Cc2ccccc2)NC(=O)[C@H]1NC(=O)c1ncccc1O.C[C@H]1OC(=O)C(C2CCC2)OC(=O)[C@H](C)[C@H](O)[C@H](Cc2ccccc2)NC(=O)[C@H]1NC(=O)c1ncccc1O. The third-order valence-electron chi connectivity index (χ3n) is 22.7. The average Bonchev–Trinajstić information content (AvgIpc) is 0.488. The lowest BCUT2D eigenvalue weighted by atomic mass is 9.78. The second-order valence-corrected chi connectivity index (χ2v) is 31.0. The number of aromatic nitrogens is 3. The van der Waals surface area contributed by atoms with E-state index in [-0.39, 0.29) is 65.6 Å². The molecule has 13 N–H and O–H groups in total. The summed E-state index contributed by atoms with van der Waals surface area (Å²) in [6, 6.07) is 26.8. The monoisotopic (exact) mass is 1630 g/mol. The lowest BCUT2D eigenvalue weighted by Crippen LogP contribution is -2.61. The van der Waals surface area contributed by atoms with Gasteiger partial charge in [0.1, 0.15) is 65.8 Å². The number of esters is 4.